The van der Waals surface area contributed by atoms with E-state index in [1.54, 1.807) is 24.3 Å². The number of aliphatic hydroxyl groups excluding tert-OH is 1. The average Bonchev–Trinajstić information content (AvgIpc) is 2.16. The summed E-state index contributed by atoms with van der Waals surface area (Å²) in [6.45, 7) is 2.38. The van der Waals surface area contributed by atoms with Gasteiger partial charge < -0.3 is 9.84 Å². The van der Waals surface area contributed by atoms with Crippen LogP contribution in [0.4, 0.5) is 0 Å². The van der Waals surface area contributed by atoms with Crippen molar-refractivity contribution in [1.29, 1.82) is 0 Å². The van der Waals surface area contributed by atoms with Crippen LogP contribution in [0.25, 0.3) is 0 Å². The Morgan fingerprint density at radius 3 is 2.31 bits per heavy atom. The highest BCUT2D eigenvalue weighted by atomic mass is 32.2. The molecule has 90 valence electrons. The van der Waals surface area contributed by atoms with Crippen molar-refractivity contribution in [2.75, 3.05) is 12.4 Å². The SMILES string of the molecule is CCOc1ccc(C(O)CS(=O)(=O)O)cc1. The van der Waals surface area contributed by atoms with Gasteiger partial charge in [0.2, 0.25) is 0 Å². The predicted molar refractivity (Wildman–Crippen MR) is 59.0 cm³/mol. The van der Waals surface area contributed by atoms with E-state index < -0.39 is 22.0 Å². The van der Waals surface area contributed by atoms with Gasteiger partial charge in [0.05, 0.1) is 12.7 Å². The van der Waals surface area contributed by atoms with Crippen molar-refractivity contribution < 1.29 is 22.8 Å². The maximum atomic E-state index is 10.6. The summed E-state index contributed by atoms with van der Waals surface area (Å²) in [6, 6.07) is 6.37. The number of hydrogen-bond acceptors (Lipinski definition) is 4. The fourth-order valence-electron chi connectivity index (χ4n) is 1.25. The molecule has 6 heteroatoms. The van der Waals surface area contributed by atoms with E-state index in [-0.39, 0.29) is 0 Å². The Labute approximate surface area is 94.4 Å². The lowest BCUT2D eigenvalue weighted by Gasteiger charge is -2.10. The summed E-state index contributed by atoms with van der Waals surface area (Å²) in [4.78, 5) is 0. The number of aliphatic hydroxyl groups is 1. The van der Waals surface area contributed by atoms with Gasteiger partial charge in [-0.15, -0.1) is 0 Å². The van der Waals surface area contributed by atoms with E-state index in [9.17, 15) is 13.5 Å². The van der Waals surface area contributed by atoms with Gasteiger partial charge in [0.25, 0.3) is 10.1 Å². The Morgan fingerprint density at radius 2 is 1.88 bits per heavy atom. The molecule has 0 heterocycles. The van der Waals surface area contributed by atoms with Crippen LogP contribution in [-0.4, -0.2) is 30.4 Å². The highest BCUT2D eigenvalue weighted by molar-refractivity contribution is 7.85. The van der Waals surface area contributed by atoms with Gasteiger partial charge in [-0.25, -0.2) is 0 Å². The molecule has 0 aliphatic carbocycles. The topological polar surface area (TPSA) is 83.8 Å². The van der Waals surface area contributed by atoms with Crippen molar-refractivity contribution in [2.24, 2.45) is 0 Å². The monoisotopic (exact) mass is 246 g/mol. The summed E-state index contributed by atoms with van der Waals surface area (Å²) < 4.78 is 34.9. The lowest BCUT2D eigenvalue weighted by Crippen LogP contribution is -2.13. The third-order valence-electron chi connectivity index (χ3n) is 1.94. The van der Waals surface area contributed by atoms with Crippen molar-refractivity contribution >= 4 is 10.1 Å². The van der Waals surface area contributed by atoms with Crippen molar-refractivity contribution in [1.82, 2.24) is 0 Å². The van der Waals surface area contributed by atoms with Crippen molar-refractivity contribution in [2.45, 2.75) is 13.0 Å². The Hall–Kier alpha value is -1.11. The first-order chi connectivity index (χ1) is 7.42. The van der Waals surface area contributed by atoms with Crippen molar-refractivity contribution in [3.05, 3.63) is 29.8 Å². The molecule has 0 bridgehead atoms. The summed E-state index contributed by atoms with van der Waals surface area (Å²) in [5, 5.41) is 9.50. The van der Waals surface area contributed by atoms with Gasteiger partial charge in [0, 0.05) is 0 Å². The molecule has 1 aromatic rings. The molecule has 16 heavy (non-hydrogen) atoms. The van der Waals surface area contributed by atoms with Gasteiger partial charge in [-0.2, -0.15) is 8.42 Å². The first kappa shape index (κ1) is 13.0. The molecular weight excluding hydrogens is 232 g/mol. The molecule has 0 amide bonds. The van der Waals surface area contributed by atoms with Crippen LogP contribution in [0.3, 0.4) is 0 Å². The van der Waals surface area contributed by atoms with E-state index in [0.717, 1.165) is 0 Å². The molecule has 0 fully saturated rings. The van der Waals surface area contributed by atoms with Crippen molar-refractivity contribution in [3.63, 3.8) is 0 Å². The van der Waals surface area contributed by atoms with Crippen molar-refractivity contribution in [3.8, 4) is 5.75 Å². The predicted octanol–water partition coefficient (Wildman–Crippen LogP) is 1.01. The van der Waals surface area contributed by atoms with Crippen LogP contribution in [0, 0.1) is 0 Å². The molecule has 1 unspecified atom stereocenters. The highest BCUT2D eigenvalue weighted by Crippen LogP contribution is 2.18. The molecule has 5 nitrogen and oxygen atoms in total. The molecule has 2 N–H and O–H groups in total. The standard InChI is InChI=1S/C10H14O5S/c1-2-15-9-5-3-8(4-6-9)10(11)7-16(12,13)14/h3-6,10-11H,2,7H2,1H3,(H,12,13,14). The van der Waals surface area contributed by atoms with E-state index in [1.165, 1.54) is 0 Å². The minimum atomic E-state index is -4.17. The number of benzene rings is 1. The zero-order valence-electron chi connectivity index (χ0n) is 8.83. The molecule has 0 saturated carbocycles. The smallest absolute Gasteiger partial charge is 0.267 e. The quantitative estimate of drug-likeness (QED) is 0.757. The third-order valence-corrected chi connectivity index (χ3v) is 2.68. The second-order valence-electron chi connectivity index (χ2n) is 3.27. The molecule has 0 saturated heterocycles. The Kier molecular flexibility index (Phi) is 4.28. The average molecular weight is 246 g/mol. The lowest BCUT2D eigenvalue weighted by molar-refractivity contribution is 0.199. The van der Waals surface area contributed by atoms with Gasteiger partial charge in [0.1, 0.15) is 11.5 Å². The molecule has 0 aromatic heterocycles. The summed E-state index contributed by atoms with van der Waals surface area (Å²) in [5.74, 6) is -0.0636. The maximum Gasteiger partial charge on any atom is 0.267 e. The molecule has 0 aliphatic heterocycles. The van der Waals surface area contributed by atoms with Gasteiger partial charge >= 0.3 is 0 Å². The largest absolute Gasteiger partial charge is 0.494 e. The normalized spacial score (nSPS) is 13.4. The Bertz CT molecular complexity index is 423. The zero-order chi connectivity index (χ0) is 12.2. The minimum absolute atomic E-state index is 0.418. The number of hydrogen-bond donors (Lipinski definition) is 2. The fourth-order valence-corrected chi connectivity index (χ4v) is 1.84. The summed E-state index contributed by atoms with van der Waals surface area (Å²) in [5.41, 5.74) is 0.418. The maximum absolute atomic E-state index is 10.6. The highest BCUT2D eigenvalue weighted by Gasteiger charge is 2.15. The first-order valence-electron chi connectivity index (χ1n) is 4.78. The molecule has 1 atom stereocenters. The van der Waals surface area contributed by atoms with E-state index in [0.29, 0.717) is 17.9 Å². The van der Waals surface area contributed by atoms with E-state index in [1.807, 2.05) is 6.92 Å². The Balaban J connectivity index is 2.74. The Morgan fingerprint density at radius 1 is 1.31 bits per heavy atom. The van der Waals surface area contributed by atoms with Crippen LogP contribution in [0.15, 0.2) is 24.3 Å². The number of rotatable bonds is 5. The molecule has 0 spiro atoms. The van der Waals surface area contributed by atoms with Crippen LogP contribution in [0.2, 0.25) is 0 Å². The summed E-state index contributed by atoms with van der Waals surface area (Å²) in [7, 11) is -4.17. The molecule has 0 radical (unpaired) electrons. The van der Waals surface area contributed by atoms with Gasteiger partial charge in [-0.3, -0.25) is 4.55 Å². The van der Waals surface area contributed by atoms with Crippen LogP contribution in [-0.2, 0) is 10.1 Å². The first-order valence-corrected chi connectivity index (χ1v) is 6.39. The van der Waals surface area contributed by atoms with E-state index >= 15 is 0 Å². The fraction of sp³-hybridized carbons (Fsp3) is 0.400. The van der Waals surface area contributed by atoms with E-state index in [2.05, 4.69) is 0 Å². The molecule has 1 aromatic carbocycles. The van der Waals surface area contributed by atoms with Gasteiger partial charge in [0.15, 0.2) is 0 Å². The van der Waals surface area contributed by atoms with Gasteiger partial charge in [-0.1, -0.05) is 12.1 Å². The van der Waals surface area contributed by atoms with Crippen LogP contribution in [0.1, 0.15) is 18.6 Å². The lowest BCUT2D eigenvalue weighted by atomic mass is 10.1. The second kappa shape index (κ2) is 5.29. The van der Waals surface area contributed by atoms with E-state index in [4.69, 9.17) is 9.29 Å². The zero-order valence-corrected chi connectivity index (χ0v) is 9.64. The molecular formula is C10H14O5S. The summed E-state index contributed by atoms with van der Waals surface area (Å²) in [6.07, 6.45) is -1.23. The minimum Gasteiger partial charge on any atom is -0.494 e. The van der Waals surface area contributed by atoms with Gasteiger partial charge in [-0.05, 0) is 24.6 Å². The summed E-state index contributed by atoms with van der Waals surface area (Å²) >= 11 is 0. The van der Waals surface area contributed by atoms with Crippen LogP contribution >= 0.6 is 0 Å². The molecule has 0 aliphatic rings. The molecule has 1 rings (SSSR count). The number of ether oxygens (including phenoxy) is 1. The second-order valence-corrected chi connectivity index (χ2v) is 4.76. The third kappa shape index (κ3) is 4.18. The van der Waals surface area contributed by atoms with Crippen LogP contribution < -0.4 is 4.74 Å². The van der Waals surface area contributed by atoms with Crippen LogP contribution in [0.5, 0.6) is 5.75 Å².